The van der Waals surface area contributed by atoms with Crippen molar-refractivity contribution in [3.63, 3.8) is 0 Å². The Kier molecular flexibility index (Phi) is 2.51. The molecule has 1 fully saturated rings. The van der Waals surface area contributed by atoms with Crippen LogP contribution >= 0.6 is 11.6 Å². The largest absolute Gasteiger partial charge is 0.489 e. The summed E-state index contributed by atoms with van der Waals surface area (Å²) in [6.45, 7) is 0. The van der Waals surface area contributed by atoms with E-state index in [1.165, 1.54) is 12.5 Å². The van der Waals surface area contributed by atoms with E-state index in [0.717, 1.165) is 24.8 Å². The first-order valence-electron chi connectivity index (χ1n) is 5.90. The summed E-state index contributed by atoms with van der Waals surface area (Å²) in [6.07, 6.45) is 4.56. The van der Waals surface area contributed by atoms with Crippen molar-refractivity contribution in [2.45, 2.75) is 37.7 Å². The number of benzene rings is 1. The molecule has 0 radical (unpaired) electrons. The number of rotatable bonds is 1. The van der Waals surface area contributed by atoms with Gasteiger partial charge in [-0.15, -0.1) is 0 Å². The third kappa shape index (κ3) is 1.69. The van der Waals surface area contributed by atoms with Crippen LogP contribution in [0.2, 0.25) is 5.02 Å². The Labute approximate surface area is 104 Å². The Bertz CT molecular complexity index is 484. The van der Waals surface area contributed by atoms with Crippen molar-refractivity contribution in [2.24, 2.45) is 0 Å². The maximum atomic E-state index is 11.2. The SMILES string of the molecule is O=C(O)c1cc(Cl)cc2c1O[C@@H]1CCCC[C@@H]21. The molecule has 17 heavy (non-hydrogen) atoms. The van der Waals surface area contributed by atoms with Crippen molar-refractivity contribution in [3.05, 3.63) is 28.3 Å². The lowest BCUT2D eigenvalue weighted by Crippen LogP contribution is -2.22. The zero-order chi connectivity index (χ0) is 12.0. The van der Waals surface area contributed by atoms with E-state index in [0.29, 0.717) is 16.7 Å². The van der Waals surface area contributed by atoms with Gasteiger partial charge in [-0.25, -0.2) is 4.79 Å². The van der Waals surface area contributed by atoms with Gasteiger partial charge >= 0.3 is 5.97 Å². The molecule has 0 bridgehead atoms. The molecule has 2 atom stereocenters. The van der Waals surface area contributed by atoms with Gasteiger partial charge in [-0.1, -0.05) is 18.0 Å². The van der Waals surface area contributed by atoms with Crippen LogP contribution in [-0.2, 0) is 0 Å². The first-order chi connectivity index (χ1) is 8.16. The van der Waals surface area contributed by atoms with E-state index in [2.05, 4.69) is 0 Å². The number of hydrogen-bond donors (Lipinski definition) is 1. The molecule has 0 spiro atoms. The van der Waals surface area contributed by atoms with Crippen LogP contribution in [0.1, 0.15) is 47.5 Å². The van der Waals surface area contributed by atoms with Gasteiger partial charge in [-0.2, -0.15) is 0 Å². The van der Waals surface area contributed by atoms with Crippen LogP contribution in [0.3, 0.4) is 0 Å². The Morgan fingerprint density at radius 3 is 2.88 bits per heavy atom. The molecule has 3 rings (SSSR count). The van der Waals surface area contributed by atoms with Crippen molar-refractivity contribution < 1.29 is 14.6 Å². The van der Waals surface area contributed by atoms with E-state index in [9.17, 15) is 4.79 Å². The number of fused-ring (bicyclic) bond motifs is 3. The Morgan fingerprint density at radius 1 is 1.35 bits per heavy atom. The summed E-state index contributed by atoms with van der Waals surface area (Å²) in [5, 5.41) is 9.65. The number of hydrogen-bond acceptors (Lipinski definition) is 2. The average molecular weight is 253 g/mol. The summed E-state index contributed by atoms with van der Waals surface area (Å²) in [5.41, 5.74) is 1.18. The summed E-state index contributed by atoms with van der Waals surface area (Å²) in [5.74, 6) is -0.100. The average Bonchev–Trinajstić information content (AvgIpc) is 2.66. The van der Waals surface area contributed by atoms with Gasteiger partial charge in [-0.3, -0.25) is 0 Å². The summed E-state index contributed by atoms with van der Waals surface area (Å²) in [6, 6.07) is 3.33. The molecule has 0 aromatic heterocycles. The Hall–Kier alpha value is -1.22. The van der Waals surface area contributed by atoms with E-state index >= 15 is 0 Å². The highest BCUT2D eigenvalue weighted by atomic mass is 35.5. The lowest BCUT2D eigenvalue weighted by Gasteiger charge is -2.23. The number of carboxylic acid groups (broad SMARTS) is 1. The molecule has 1 N–H and O–H groups in total. The predicted octanol–water partition coefficient (Wildman–Crippen LogP) is 3.46. The smallest absolute Gasteiger partial charge is 0.339 e. The van der Waals surface area contributed by atoms with E-state index < -0.39 is 5.97 Å². The molecule has 90 valence electrons. The van der Waals surface area contributed by atoms with Gasteiger partial charge in [0.2, 0.25) is 0 Å². The fourth-order valence-electron chi connectivity index (χ4n) is 2.93. The normalized spacial score (nSPS) is 25.9. The van der Waals surface area contributed by atoms with Crippen molar-refractivity contribution >= 4 is 17.6 Å². The first kappa shape index (κ1) is 10.9. The van der Waals surface area contributed by atoms with Gasteiger partial charge < -0.3 is 9.84 Å². The van der Waals surface area contributed by atoms with Crippen LogP contribution in [0.15, 0.2) is 12.1 Å². The quantitative estimate of drug-likeness (QED) is 0.833. The zero-order valence-corrected chi connectivity index (χ0v) is 10.0. The van der Waals surface area contributed by atoms with Gasteiger partial charge in [-0.05, 0) is 31.4 Å². The molecule has 3 nitrogen and oxygen atoms in total. The number of halogens is 1. The minimum absolute atomic E-state index is 0.148. The molecule has 0 amide bonds. The molecule has 0 saturated heterocycles. The van der Waals surface area contributed by atoms with E-state index in [1.54, 1.807) is 0 Å². The Balaban J connectivity index is 2.11. The number of carboxylic acids is 1. The van der Waals surface area contributed by atoms with E-state index in [-0.39, 0.29) is 11.7 Å². The van der Waals surface area contributed by atoms with Crippen LogP contribution in [0.4, 0.5) is 0 Å². The second kappa shape index (κ2) is 3.91. The highest BCUT2D eigenvalue weighted by Gasteiger charge is 2.38. The maximum Gasteiger partial charge on any atom is 0.339 e. The second-order valence-corrected chi connectivity index (χ2v) is 5.16. The van der Waals surface area contributed by atoms with Gasteiger partial charge in [0.25, 0.3) is 0 Å². The number of aromatic carboxylic acids is 1. The molecule has 0 unspecified atom stereocenters. The monoisotopic (exact) mass is 252 g/mol. The standard InChI is InChI=1S/C13H13ClO3/c14-7-5-9-8-3-1-2-4-11(8)17-12(9)10(6-7)13(15)16/h5-6,8,11H,1-4H2,(H,15,16)/t8-,11+/m0/s1. The van der Waals surface area contributed by atoms with E-state index in [4.69, 9.17) is 21.4 Å². The molecule has 1 aliphatic heterocycles. The van der Waals surface area contributed by atoms with Crippen LogP contribution in [0.5, 0.6) is 5.75 Å². The second-order valence-electron chi connectivity index (χ2n) is 4.72. The van der Waals surface area contributed by atoms with Gasteiger partial charge in [0.1, 0.15) is 17.4 Å². The van der Waals surface area contributed by atoms with Gasteiger partial charge in [0.05, 0.1) is 0 Å². The third-order valence-corrected chi connectivity index (χ3v) is 3.90. The highest BCUT2D eigenvalue weighted by Crippen LogP contribution is 2.48. The van der Waals surface area contributed by atoms with Crippen LogP contribution in [0.25, 0.3) is 0 Å². The predicted molar refractivity (Wildman–Crippen MR) is 64.0 cm³/mol. The molecule has 1 heterocycles. The number of ether oxygens (including phenoxy) is 1. The topological polar surface area (TPSA) is 46.5 Å². The summed E-state index contributed by atoms with van der Waals surface area (Å²) in [4.78, 5) is 11.2. The molecule has 1 aliphatic carbocycles. The van der Waals surface area contributed by atoms with Gasteiger partial charge in [0.15, 0.2) is 0 Å². The van der Waals surface area contributed by atoms with Gasteiger partial charge in [0, 0.05) is 16.5 Å². The minimum atomic E-state index is -0.970. The molecule has 1 aromatic carbocycles. The zero-order valence-electron chi connectivity index (χ0n) is 9.28. The van der Waals surface area contributed by atoms with Crippen LogP contribution in [0, 0.1) is 0 Å². The molecular formula is C13H13ClO3. The third-order valence-electron chi connectivity index (χ3n) is 3.68. The molecular weight excluding hydrogens is 240 g/mol. The summed E-state index contributed by atoms with van der Waals surface area (Å²) in [7, 11) is 0. The van der Waals surface area contributed by atoms with E-state index in [1.807, 2.05) is 6.07 Å². The van der Waals surface area contributed by atoms with Crippen molar-refractivity contribution in [1.29, 1.82) is 0 Å². The van der Waals surface area contributed by atoms with Crippen molar-refractivity contribution in [2.75, 3.05) is 0 Å². The van der Waals surface area contributed by atoms with Crippen LogP contribution in [-0.4, -0.2) is 17.2 Å². The molecule has 1 aromatic rings. The highest BCUT2D eigenvalue weighted by molar-refractivity contribution is 6.31. The molecule has 1 saturated carbocycles. The molecule has 4 heteroatoms. The molecule has 2 aliphatic rings. The van der Waals surface area contributed by atoms with Crippen LogP contribution < -0.4 is 4.74 Å². The fourth-order valence-corrected chi connectivity index (χ4v) is 3.15. The summed E-state index contributed by atoms with van der Waals surface area (Å²) < 4.78 is 5.82. The maximum absolute atomic E-state index is 11.2. The van der Waals surface area contributed by atoms with Crippen molar-refractivity contribution in [3.8, 4) is 5.75 Å². The lowest BCUT2D eigenvalue weighted by atomic mass is 9.83. The first-order valence-corrected chi connectivity index (χ1v) is 6.28. The Morgan fingerprint density at radius 2 is 2.12 bits per heavy atom. The summed E-state index contributed by atoms with van der Waals surface area (Å²) >= 11 is 5.98. The van der Waals surface area contributed by atoms with Crippen molar-refractivity contribution in [1.82, 2.24) is 0 Å². The minimum Gasteiger partial charge on any atom is -0.489 e. The number of carbonyl (C=O) groups is 1. The lowest BCUT2D eigenvalue weighted by molar-refractivity contribution is 0.0689. The fraction of sp³-hybridized carbons (Fsp3) is 0.462.